The second-order valence-corrected chi connectivity index (χ2v) is 4.32. The second kappa shape index (κ2) is 5.01. The lowest BCUT2D eigenvalue weighted by molar-refractivity contribution is 0.311. The van der Waals surface area contributed by atoms with Gasteiger partial charge in [0.2, 0.25) is 0 Å². The van der Waals surface area contributed by atoms with E-state index in [1.54, 1.807) is 0 Å². The molecule has 80 valence electrons. The number of nitrogens with zero attached hydrogens (tertiary/aromatic N) is 1. The van der Waals surface area contributed by atoms with Gasteiger partial charge in [0.1, 0.15) is 0 Å². The maximum Gasteiger partial charge on any atom is 0.0172 e. The van der Waals surface area contributed by atoms with Crippen LogP contribution in [0.25, 0.3) is 6.08 Å². The van der Waals surface area contributed by atoms with Gasteiger partial charge in [0.05, 0.1) is 0 Å². The minimum atomic E-state index is 1.22. The summed E-state index contributed by atoms with van der Waals surface area (Å²) in [5.41, 5.74) is 2.62. The molecule has 1 aromatic carbocycles. The molecule has 1 saturated heterocycles. The van der Waals surface area contributed by atoms with Crippen LogP contribution in [0.5, 0.6) is 0 Å². The van der Waals surface area contributed by atoms with Crippen LogP contribution in [0.3, 0.4) is 0 Å². The van der Waals surface area contributed by atoms with E-state index in [-0.39, 0.29) is 0 Å². The normalized spacial score (nSPS) is 17.3. The highest BCUT2D eigenvalue weighted by molar-refractivity contribution is 5.49. The van der Waals surface area contributed by atoms with Crippen molar-refractivity contribution in [1.29, 1.82) is 0 Å². The largest absolute Gasteiger partial charge is 0.377 e. The fourth-order valence-electron chi connectivity index (χ4n) is 1.94. The fraction of sp³-hybridized carbons (Fsp3) is 0.429. The molecule has 0 saturated carbocycles. The van der Waals surface area contributed by atoms with E-state index in [1.807, 2.05) is 0 Å². The van der Waals surface area contributed by atoms with Gasteiger partial charge in [0.25, 0.3) is 0 Å². The molecule has 0 unspecified atom stereocenters. The zero-order valence-electron chi connectivity index (χ0n) is 9.45. The second-order valence-electron chi connectivity index (χ2n) is 4.32. The third-order valence-electron chi connectivity index (χ3n) is 2.95. The van der Waals surface area contributed by atoms with Gasteiger partial charge in [0, 0.05) is 13.1 Å². The molecular weight excluding hydrogens is 182 g/mol. The summed E-state index contributed by atoms with van der Waals surface area (Å²) in [7, 11) is 0. The number of aryl methyl sites for hydroxylation is 1. The highest BCUT2D eigenvalue weighted by Gasteiger charge is 2.04. The molecule has 1 heteroatoms. The minimum Gasteiger partial charge on any atom is -0.377 e. The Morgan fingerprint density at radius 2 is 1.67 bits per heavy atom. The molecule has 0 N–H and O–H groups in total. The van der Waals surface area contributed by atoms with E-state index >= 15 is 0 Å². The number of likely N-dealkylation sites (tertiary alicyclic amines) is 1. The van der Waals surface area contributed by atoms with Crippen molar-refractivity contribution in [2.45, 2.75) is 26.2 Å². The number of hydrogen-bond acceptors (Lipinski definition) is 1. The Hall–Kier alpha value is -1.24. The predicted molar refractivity (Wildman–Crippen MR) is 65.6 cm³/mol. The van der Waals surface area contributed by atoms with E-state index in [0.29, 0.717) is 0 Å². The Morgan fingerprint density at radius 1 is 1.00 bits per heavy atom. The van der Waals surface area contributed by atoms with Crippen LogP contribution >= 0.6 is 0 Å². The number of benzene rings is 1. The summed E-state index contributed by atoms with van der Waals surface area (Å²) in [6, 6.07) is 8.68. The van der Waals surface area contributed by atoms with Gasteiger partial charge in [0.15, 0.2) is 0 Å². The molecule has 1 aliphatic rings. The Labute approximate surface area is 92.4 Å². The van der Waals surface area contributed by atoms with Crippen molar-refractivity contribution in [2.75, 3.05) is 13.1 Å². The SMILES string of the molecule is Cc1ccc(/C=C/N2CCCCC2)cc1. The summed E-state index contributed by atoms with van der Waals surface area (Å²) in [5.74, 6) is 0. The van der Waals surface area contributed by atoms with Crippen LogP contribution < -0.4 is 0 Å². The molecule has 0 aromatic heterocycles. The highest BCUT2D eigenvalue weighted by Crippen LogP contribution is 2.11. The Morgan fingerprint density at radius 3 is 2.33 bits per heavy atom. The molecule has 0 aliphatic carbocycles. The monoisotopic (exact) mass is 201 g/mol. The molecule has 0 atom stereocenters. The van der Waals surface area contributed by atoms with Gasteiger partial charge < -0.3 is 4.90 Å². The van der Waals surface area contributed by atoms with Gasteiger partial charge in [-0.15, -0.1) is 0 Å². The summed E-state index contributed by atoms with van der Waals surface area (Å²) in [6.07, 6.45) is 8.54. The van der Waals surface area contributed by atoms with Crippen molar-refractivity contribution in [3.8, 4) is 0 Å². The Balaban J connectivity index is 1.95. The lowest BCUT2D eigenvalue weighted by atomic mass is 10.1. The number of rotatable bonds is 2. The highest BCUT2D eigenvalue weighted by atomic mass is 15.1. The van der Waals surface area contributed by atoms with Gasteiger partial charge in [-0.1, -0.05) is 29.8 Å². The maximum absolute atomic E-state index is 2.42. The fourth-order valence-corrected chi connectivity index (χ4v) is 1.94. The average Bonchev–Trinajstić information content (AvgIpc) is 2.30. The Bertz CT molecular complexity index is 318. The maximum atomic E-state index is 2.42. The van der Waals surface area contributed by atoms with Crippen molar-refractivity contribution in [3.05, 3.63) is 41.6 Å². The van der Waals surface area contributed by atoms with Crippen LogP contribution in [0.2, 0.25) is 0 Å². The van der Waals surface area contributed by atoms with Crippen molar-refractivity contribution in [1.82, 2.24) is 4.90 Å². The van der Waals surface area contributed by atoms with Crippen LogP contribution in [0.4, 0.5) is 0 Å². The van der Waals surface area contributed by atoms with Gasteiger partial charge in [-0.25, -0.2) is 0 Å². The van der Waals surface area contributed by atoms with Crippen LogP contribution in [0, 0.1) is 6.92 Å². The Kier molecular flexibility index (Phi) is 3.44. The molecule has 0 radical (unpaired) electrons. The summed E-state index contributed by atoms with van der Waals surface area (Å²) in [6.45, 7) is 4.57. The van der Waals surface area contributed by atoms with Gasteiger partial charge in [-0.2, -0.15) is 0 Å². The van der Waals surface area contributed by atoms with E-state index in [2.05, 4.69) is 48.4 Å². The zero-order chi connectivity index (χ0) is 10.5. The first-order chi connectivity index (χ1) is 7.34. The molecule has 1 nitrogen and oxygen atoms in total. The molecule has 0 bridgehead atoms. The van der Waals surface area contributed by atoms with E-state index < -0.39 is 0 Å². The molecule has 15 heavy (non-hydrogen) atoms. The first-order valence-electron chi connectivity index (χ1n) is 5.83. The van der Waals surface area contributed by atoms with Crippen molar-refractivity contribution < 1.29 is 0 Å². The van der Waals surface area contributed by atoms with E-state index in [0.717, 1.165) is 0 Å². The van der Waals surface area contributed by atoms with Crippen LogP contribution in [0.1, 0.15) is 30.4 Å². The topological polar surface area (TPSA) is 3.24 Å². The number of piperidine rings is 1. The molecule has 2 rings (SSSR count). The van der Waals surface area contributed by atoms with Crippen LogP contribution in [-0.4, -0.2) is 18.0 Å². The lowest BCUT2D eigenvalue weighted by Gasteiger charge is -2.24. The summed E-state index contributed by atoms with van der Waals surface area (Å²) in [5, 5.41) is 0. The molecule has 1 heterocycles. The van der Waals surface area contributed by atoms with Crippen LogP contribution in [0.15, 0.2) is 30.5 Å². The van der Waals surface area contributed by atoms with Gasteiger partial charge in [-0.05, 0) is 44.0 Å². The third-order valence-corrected chi connectivity index (χ3v) is 2.95. The number of hydrogen-bond donors (Lipinski definition) is 0. The van der Waals surface area contributed by atoms with Crippen molar-refractivity contribution >= 4 is 6.08 Å². The summed E-state index contributed by atoms with van der Waals surface area (Å²) < 4.78 is 0. The lowest BCUT2D eigenvalue weighted by Crippen LogP contribution is -2.23. The smallest absolute Gasteiger partial charge is 0.0172 e. The molecule has 1 aliphatic heterocycles. The zero-order valence-corrected chi connectivity index (χ0v) is 9.45. The third kappa shape index (κ3) is 3.12. The van der Waals surface area contributed by atoms with Gasteiger partial charge >= 0.3 is 0 Å². The van der Waals surface area contributed by atoms with Crippen molar-refractivity contribution in [3.63, 3.8) is 0 Å². The van der Waals surface area contributed by atoms with E-state index in [4.69, 9.17) is 0 Å². The first kappa shape index (κ1) is 10.3. The van der Waals surface area contributed by atoms with Gasteiger partial charge in [-0.3, -0.25) is 0 Å². The summed E-state index contributed by atoms with van der Waals surface area (Å²) >= 11 is 0. The summed E-state index contributed by atoms with van der Waals surface area (Å²) in [4.78, 5) is 2.42. The predicted octanol–water partition coefficient (Wildman–Crippen LogP) is 3.45. The standard InChI is InChI=1S/C14H19N/c1-13-5-7-14(8-6-13)9-12-15-10-3-2-4-11-15/h5-9,12H,2-4,10-11H2,1H3/b12-9+. The first-order valence-corrected chi connectivity index (χ1v) is 5.83. The average molecular weight is 201 g/mol. The molecule has 1 aromatic rings. The molecular formula is C14H19N. The van der Waals surface area contributed by atoms with Crippen LogP contribution in [-0.2, 0) is 0 Å². The minimum absolute atomic E-state index is 1.22. The van der Waals surface area contributed by atoms with Crippen molar-refractivity contribution in [2.24, 2.45) is 0 Å². The molecule has 0 amide bonds. The molecule has 0 spiro atoms. The quantitative estimate of drug-likeness (QED) is 0.708. The van der Waals surface area contributed by atoms with E-state index in [1.165, 1.54) is 43.5 Å². The van der Waals surface area contributed by atoms with E-state index in [9.17, 15) is 0 Å². The molecule has 1 fully saturated rings.